The molecule has 0 bridgehead atoms. The molecular weight excluding hydrogens is 418 g/mol. The van der Waals surface area contributed by atoms with Crippen molar-refractivity contribution in [2.24, 2.45) is 0 Å². The number of hydrogen-bond donors (Lipinski definition) is 2. The van der Waals surface area contributed by atoms with Crippen LogP contribution in [0.3, 0.4) is 0 Å². The largest absolute Gasteiger partial charge is 0.428 e. The molecule has 0 spiro atoms. The number of aromatic nitrogens is 5. The fraction of sp³-hybridized carbons (Fsp3) is 0.286. The van der Waals surface area contributed by atoms with E-state index in [-0.39, 0.29) is 23.4 Å². The fourth-order valence-electron chi connectivity index (χ4n) is 3.61. The van der Waals surface area contributed by atoms with E-state index in [1.54, 1.807) is 18.3 Å². The third-order valence-corrected chi connectivity index (χ3v) is 5.54. The molecular formula is C21H20ClN7O2. The SMILES string of the molecule is O=C(NCc1cccnn1)c1nc(C2CN(CCc3nc4ccccc4[nH]3)C2)oc1Cl. The summed E-state index contributed by atoms with van der Waals surface area (Å²) in [6, 6.07) is 11.5. The molecule has 10 heteroatoms. The Morgan fingerprint density at radius 3 is 2.90 bits per heavy atom. The van der Waals surface area contributed by atoms with E-state index in [0.717, 1.165) is 42.9 Å². The number of rotatable bonds is 7. The molecule has 1 saturated heterocycles. The lowest BCUT2D eigenvalue weighted by Gasteiger charge is -2.37. The van der Waals surface area contributed by atoms with E-state index in [1.807, 2.05) is 24.3 Å². The molecule has 2 N–H and O–H groups in total. The zero-order valence-corrected chi connectivity index (χ0v) is 17.3. The predicted molar refractivity (Wildman–Crippen MR) is 114 cm³/mol. The number of H-pyrrole nitrogens is 1. The van der Waals surface area contributed by atoms with Crippen LogP contribution in [0.1, 0.15) is 33.8 Å². The van der Waals surface area contributed by atoms with Crippen molar-refractivity contribution in [3.8, 4) is 0 Å². The molecule has 4 heterocycles. The molecule has 0 radical (unpaired) electrons. The highest BCUT2D eigenvalue weighted by molar-refractivity contribution is 6.31. The van der Waals surface area contributed by atoms with E-state index in [0.29, 0.717) is 11.6 Å². The van der Waals surface area contributed by atoms with Gasteiger partial charge in [0.05, 0.1) is 29.2 Å². The number of hydrogen-bond acceptors (Lipinski definition) is 7. The van der Waals surface area contributed by atoms with Gasteiger partial charge in [-0.3, -0.25) is 4.79 Å². The Kier molecular flexibility index (Phi) is 5.35. The molecule has 1 aliphatic heterocycles. The molecule has 1 fully saturated rings. The third kappa shape index (κ3) is 4.28. The first-order valence-electron chi connectivity index (χ1n) is 10.0. The summed E-state index contributed by atoms with van der Waals surface area (Å²) >= 11 is 6.12. The highest BCUT2D eigenvalue weighted by Gasteiger charge is 2.33. The zero-order valence-electron chi connectivity index (χ0n) is 16.6. The predicted octanol–water partition coefficient (Wildman–Crippen LogP) is 2.57. The molecule has 158 valence electrons. The van der Waals surface area contributed by atoms with Crippen LogP contribution in [0.5, 0.6) is 0 Å². The Balaban J connectivity index is 1.13. The maximum atomic E-state index is 12.4. The zero-order chi connectivity index (χ0) is 21.2. The third-order valence-electron chi connectivity index (χ3n) is 5.28. The summed E-state index contributed by atoms with van der Waals surface area (Å²) in [5.41, 5.74) is 2.79. The minimum atomic E-state index is -0.397. The average Bonchev–Trinajstić information content (AvgIpc) is 3.34. The molecule has 3 aromatic heterocycles. The summed E-state index contributed by atoms with van der Waals surface area (Å²) in [6.07, 6.45) is 2.41. The molecule has 9 nitrogen and oxygen atoms in total. The normalized spacial score (nSPS) is 14.6. The van der Waals surface area contributed by atoms with Gasteiger partial charge in [0.1, 0.15) is 5.82 Å². The van der Waals surface area contributed by atoms with Crippen LogP contribution in [-0.2, 0) is 13.0 Å². The molecule has 1 aliphatic rings. The summed E-state index contributed by atoms with van der Waals surface area (Å²) in [6.45, 7) is 2.73. The van der Waals surface area contributed by atoms with Crippen molar-refractivity contribution < 1.29 is 9.21 Å². The van der Waals surface area contributed by atoms with Gasteiger partial charge in [-0.15, -0.1) is 0 Å². The number of benzene rings is 1. The maximum Gasteiger partial charge on any atom is 0.275 e. The van der Waals surface area contributed by atoms with Crippen molar-refractivity contribution in [2.45, 2.75) is 18.9 Å². The van der Waals surface area contributed by atoms with Crippen LogP contribution in [0, 0.1) is 0 Å². The topological polar surface area (TPSA) is 113 Å². The lowest BCUT2D eigenvalue weighted by molar-refractivity contribution is 0.0945. The summed E-state index contributed by atoms with van der Waals surface area (Å²) < 4.78 is 5.56. The molecule has 5 rings (SSSR count). The summed E-state index contributed by atoms with van der Waals surface area (Å²) in [5.74, 6) is 1.20. The van der Waals surface area contributed by atoms with E-state index in [2.05, 4.69) is 35.4 Å². The first-order valence-corrected chi connectivity index (χ1v) is 10.4. The Bertz CT molecular complexity index is 1170. The molecule has 1 amide bonds. The van der Waals surface area contributed by atoms with Crippen LogP contribution >= 0.6 is 11.6 Å². The van der Waals surface area contributed by atoms with E-state index in [4.69, 9.17) is 16.0 Å². The van der Waals surface area contributed by atoms with Crippen molar-refractivity contribution >= 4 is 28.5 Å². The summed E-state index contributed by atoms with van der Waals surface area (Å²) in [5, 5.41) is 10.4. The maximum absolute atomic E-state index is 12.4. The van der Waals surface area contributed by atoms with Gasteiger partial charge in [-0.2, -0.15) is 10.2 Å². The lowest BCUT2D eigenvalue weighted by atomic mass is 10.00. The Labute approximate surface area is 182 Å². The van der Waals surface area contributed by atoms with Crippen LogP contribution in [0.4, 0.5) is 0 Å². The number of nitrogens with zero attached hydrogens (tertiary/aromatic N) is 5. The van der Waals surface area contributed by atoms with E-state index < -0.39 is 5.91 Å². The second-order valence-electron chi connectivity index (χ2n) is 7.48. The molecule has 0 atom stereocenters. The molecule has 0 aliphatic carbocycles. The van der Waals surface area contributed by atoms with Gasteiger partial charge in [0.2, 0.25) is 11.1 Å². The number of nitrogens with one attached hydrogen (secondary N) is 2. The van der Waals surface area contributed by atoms with Crippen molar-refractivity contribution in [1.82, 2.24) is 35.4 Å². The van der Waals surface area contributed by atoms with Gasteiger partial charge >= 0.3 is 0 Å². The number of aromatic amines is 1. The Morgan fingerprint density at radius 1 is 1.23 bits per heavy atom. The quantitative estimate of drug-likeness (QED) is 0.456. The molecule has 31 heavy (non-hydrogen) atoms. The number of para-hydroxylation sites is 2. The fourth-order valence-corrected chi connectivity index (χ4v) is 3.82. The van der Waals surface area contributed by atoms with Gasteiger partial charge in [-0.05, 0) is 35.9 Å². The first kappa shape index (κ1) is 19.7. The number of carbonyl (C=O) groups excluding carboxylic acids is 1. The standard InChI is InChI=1S/C21H20ClN7O2/c22-19-18(20(30)23-10-14-4-3-8-24-28-14)27-21(31-19)13-11-29(12-13)9-7-17-25-15-5-1-2-6-16(15)26-17/h1-6,8,13H,7,9-12H2,(H,23,30)(H,25,26). The van der Waals surface area contributed by atoms with Crippen molar-refractivity contribution in [3.05, 3.63) is 70.9 Å². The molecule has 1 aromatic carbocycles. The van der Waals surface area contributed by atoms with Gasteiger partial charge in [0.25, 0.3) is 5.91 Å². The average molecular weight is 438 g/mol. The van der Waals surface area contributed by atoms with Gasteiger partial charge < -0.3 is 19.6 Å². The van der Waals surface area contributed by atoms with Crippen molar-refractivity contribution in [2.75, 3.05) is 19.6 Å². The van der Waals surface area contributed by atoms with Crippen molar-refractivity contribution in [1.29, 1.82) is 0 Å². The molecule has 0 unspecified atom stereocenters. The highest BCUT2D eigenvalue weighted by atomic mass is 35.5. The lowest BCUT2D eigenvalue weighted by Crippen LogP contribution is -2.46. The Hall–Kier alpha value is -3.30. The number of amides is 1. The molecule has 4 aromatic rings. The second kappa shape index (κ2) is 8.44. The number of imidazole rings is 1. The van der Waals surface area contributed by atoms with Gasteiger partial charge in [0.15, 0.2) is 5.69 Å². The minimum Gasteiger partial charge on any atom is -0.428 e. The van der Waals surface area contributed by atoms with Gasteiger partial charge in [-0.25, -0.2) is 9.97 Å². The number of fused-ring (bicyclic) bond motifs is 1. The van der Waals surface area contributed by atoms with Crippen LogP contribution in [-0.4, -0.2) is 55.6 Å². The highest BCUT2D eigenvalue weighted by Crippen LogP contribution is 2.30. The van der Waals surface area contributed by atoms with Gasteiger partial charge in [0, 0.05) is 32.3 Å². The minimum absolute atomic E-state index is 0.00683. The summed E-state index contributed by atoms with van der Waals surface area (Å²) in [7, 11) is 0. The summed E-state index contributed by atoms with van der Waals surface area (Å²) in [4.78, 5) is 27.0. The number of oxazole rings is 1. The smallest absolute Gasteiger partial charge is 0.275 e. The van der Waals surface area contributed by atoms with Crippen LogP contribution in [0.25, 0.3) is 11.0 Å². The van der Waals surface area contributed by atoms with E-state index in [9.17, 15) is 4.79 Å². The number of likely N-dealkylation sites (tertiary alicyclic amines) is 1. The van der Waals surface area contributed by atoms with Crippen LogP contribution in [0.2, 0.25) is 5.22 Å². The second-order valence-corrected chi connectivity index (χ2v) is 7.82. The van der Waals surface area contributed by atoms with Crippen LogP contribution in [0.15, 0.2) is 47.0 Å². The Morgan fingerprint density at radius 2 is 2.10 bits per heavy atom. The van der Waals surface area contributed by atoms with E-state index >= 15 is 0 Å². The first-order chi connectivity index (χ1) is 15.2. The van der Waals surface area contributed by atoms with Gasteiger partial charge in [-0.1, -0.05) is 12.1 Å². The van der Waals surface area contributed by atoms with Crippen molar-refractivity contribution in [3.63, 3.8) is 0 Å². The number of carbonyl (C=O) groups is 1. The number of halogens is 1. The monoisotopic (exact) mass is 437 g/mol. The van der Waals surface area contributed by atoms with E-state index in [1.165, 1.54) is 0 Å². The van der Waals surface area contributed by atoms with Crippen LogP contribution < -0.4 is 5.32 Å². The molecule has 0 saturated carbocycles.